The summed E-state index contributed by atoms with van der Waals surface area (Å²) in [6.45, 7) is 0. The van der Waals surface area contributed by atoms with Crippen LogP contribution in [0.1, 0.15) is 12.8 Å². The predicted octanol–water partition coefficient (Wildman–Crippen LogP) is 2.21. The van der Waals surface area contributed by atoms with Crippen molar-refractivity contribution < 1.29 is 4.39 Å². The predicted molar refractivity (Wildman–Crippen MR) is 57.2 cm³/mol. The number of nitrogens with zero attached hydrogens (tertiary/aromatic N) is 1. The van der Waals surface area contributed by atoms with Crippen LogP contribution in [-0.4, -0.2) is 19.3 Å². The van der Waals surface area contributed by atoms with Crippen molar-refractivity contribution in [1.29, 1.82) is 0 Å². The second-order valence-electron chi connectivity index (χ2n) is 3.83. The first-order valence-corrected chi connectivity index (χ1v) is 4.91. The fraction of sp³-hybridized carbons (Fsp3) is 0.455. The van der Waals surface area contributed by atoms with Gasteiger partial charge >= 0.3 is 0 Å². The van der Waals surface area contributed by atoms with Crippen LogP contribution in [0.4, 0.5) is 15.8 Å². The van der Waals surface area contributed by atoms with E-state index in [9.17, 15) is 4.39 Å². The first-order valence-electron chi connectivity index (χ1n) is 4.91. The summed E-state index contributed by atoms with van der Waals surface area (Å²) in [4.78, 5) is 1.95. The molecule has 1 aromatic carbocycles. The normalized spacial score (nSPS) is 25.6. The fourth-order valence-electron chi connectivity index (χ4n) is 1.87. The van der Waals surface area contributed by atoms with E-state index in [1.165, 1.54) is 0 Å². The average Bonchev–Trinajstić information content (AvgIpc) is 2.16. The molecule has 2 nitrogen and oxygen atoms in total. The van der Waals surface area contributed by atoms with Gasteiger partial charge in [0.05, 0.1) is 17.4 Å². The van der Waals surface area contributed by atoms with Crippen molar-refractivity contribution in [3.05, 3.63) is 24.3 Å². The molecule has 2 N–H and O–H groups in total. The third kappa shape index (κ3) is 1.43. The highest BCUT2D eigenvalue weighted by Gasteiger charge is 2.34. The number of rotatable bonds is 2. The van der Waals surface area contributed by atoms with E-state index in [4.69, 9.17) is 5.73 Å². The van der Waals surface area contributed by atoms with E-state index in [1.54, 1.807) is 0 Å². The molecule has 3 heteroatoms. The molecule has 0 saturated heterocycles. The Morgan fingerprint density at radius 1 is 1.36 bits per heavy atom. The van der Waals surface area contributed by atoms with E-state index in [0.29, 0.717) is 12.1 Å². The Hall–Kier alpha value is -1.25. The molecule has 1 aliphatic rings. The molecule has 0 heterocycles. The lowest BCUT2D eigenvalue weighted by molar-refractivity contribution is 0.168. The van der Waals surface area contributed by atoms with Gasteiger partial charge in [0, 0.05) is 7.05 Å². The van der Waals surface area contributed by atoms with E-state index < -0.39 is 6.17 Å². The molecule has 76 valence electrons. The van der Waals surface area contributed by atoms with Crippen molar-refractivity contribution in [2.45, 2.75) is 25.1 Å². The Balaban J connectivity index is 2.18. The number of anilines is 2. The van der Waals surface area contributed by atoms with Gasteiger partial charge in [-0.1, -0.05) is 12.1 Å². The maximum atomic E-state index is 13.2. The molecule has 1 aliphatic carbocycles. The van der Waals surface area contributed by atoms with Gasteiger partial charge in [0.25, 0.3) is 0 Å². The highest BCUT2D eigenvalue weighted by Crippen LogP contribution is 2.33. The van der Waals surface area contributed by atoms with E-state index in [2.05, 4.69) is 0 Å². The van der Waals surface area contributed by atoms with E-state index in [-0.39, 0.29) is 6.04 Å². The van der Waals surface area contributed by atoms with Crippen molar-refractivity contribution in [2.24, 2.45) is 0 Å². The summed E-state index contributed by atoms with van der Waals surface area (Å²) in [7, 11) is 1.90. The second kappa shape index (κ2) is 3.48. The first-order chi connectivity index (χ1) is 6.70. The third-order valence-corrected chi connectivity index (χ3v) is 2.97. The Bertz CT molecular complexity index is 327. The van der Waals surface area contributed by atoms with Gasteiger partial charge in [0.1, 0.15) is 6.17 Å². The Kier molecular flexibility index (Phi) is 2.32. The average molecular weight is 194 g/mol. The summed E-state index contributed by atoms with van der Waals surface area (Å²) in [5.74, 6) is 0. The lowest BCUT2D eigenvalue weighted by Crippen LogP contribution is -2.47. The number of hydrogen-bond donors (Lipinski definition) is 1. The van der Waals surface area contributed by atoms with Gasteiger partial charge < -0.3 is 10.6 Å². The minimum Gasteiger partial charge on any atom is -0.397 e. The minimum absolute atomic E-state index is 0.0136. The molecule has 1 fully saturated rings. The van der Waals surface area contributed by atoms with Crippen molar-refractivity contribution in [3.8, 4) is 0 Å². The maximum absolute atomic E-state index is 13.2. The Labute approximate surface area is 83.5 Å². The summed E-state index contributed by atoms with van der Waals surface area (Å²) in [5.41, 5.74) is 7.47. The second-order valence-corrected chi connectivity index (χ2v) is 3.83. The van der Waals surface area contributed by atoms with Crippen LogP contribution < -0.4 is 10.6 Å². The lowest BCUT2D eigenvalue weighted by Gasteiger charge is -2.39. The summed E-state index contributed by atoms with van der Waals surface area (Å²) in [6.07, 6.45) is 0.910. The maximum Gasteiger partial charge on any atom is 0.120 e. The highest BCUT2D eigenvalue weighted by atomic mass is 19.1. The van der Waals surface area contributed by atoms with Crippen LogP contribution in [0.5, 0.6) is 0 Å². The zero-order chi connectivity index (χ0) is 10.1. The molecule has 0 aromatic heterocycles. The van der Waals surface area contributed by atoms with Crippen molar-refractivity contribution in [2.75, 3.05) is 17.7 Å². The Morgan fingerprint density at radius 3 is 2.57 bits per heavy atom. The molecule has 1 saturated carbocycles. The van der Waals surface area contributed by atoms with Gasteiger partial charge in [-0.2, -0.15) is 0 Å². The molecule has 2 rings (SSSR count). The smallest absolute Gasteiger partial charge is 0.120 e. The van der Waals surface area contributed by atoms with Gasteiger partial charge in [0.2, 0.25) is 0 Å². The zero-order valence-corrected chi connectivity index (χ0v) is 8.28. The van der Waals surface area contributed by atoms with Crippen LogP contribution in [0.15, 0.2) is 24.3 Å². The number of para-hydroxylation sites is 2. The Morgan fingerprint density at radius 2 is 2.07 bits per heavy atom. The van der Waals surface area contributed by atoms with Crippen LogP contribution in [0, 0.1) is 0 Å². The van der Waals surface area contributed by atoms with Crippen molar-refractivity contribution in [1.82, 2.24) is 0 Å². The van der Waals surface area contributed by atoms with Gasteiger partial charge in [0.15, 0.2) is 0 Å². The molecule has 0 aliphatic heterocycles. The van der Waals surface area contributed by atoms with Gasteiger partial charge in [-0.05, 0) is 25.0 Å². The number of hydrogen-bond acceptors (Lipinski definition) is 2. The van der Waals surface area contributed by atoms with Gasteiger partial charge in [-0.25, -0.2) is 4.39 Å². The molecule has 0 amide bonds. The number of nitrogens with two attached hydrogens (primary N) is 1. The molecule has 2 atom stereocenters. The van der Waals surface area contributed by atoms with Crippen molar-refractivity contribution >= 4 is 11.4 Å². The fourth-order valence-corrected chi connectivity index (χ4v) is 1.87. The van der Waals surface area contributed by atoms with Gasteiger partial charge in [-0.3, -0.25) is 0 Å². The molecule has 0 radical (unpaired) electrons. The van der Waals surface area contributed by atoms with Crippen LogP contribution in [-0.2, 0) is 0 Å². The van der Waals surface area contributed by atoms with Crippen molar-refractivity contribution in [3.63, 3.8) is 0 Å². The molecular formula is C11H15FN2. The number of alkyl halides is 1. The first kappa shape index (κ1) is 9.31. The molecule has 0 spiro atoms. The molecular weight excluding hydrogens is 179 g/mol. The number of nitrogen functional groups attached to an aromatic ring is 1. The van der Waals surface area contributed by atoms with E-state index >= 15 is 0 Å². The molecule has 0 bridgehead atoms. The largest absolute Gasteiger partial charge is 0.397 e. The molecule has 14 heavy (non-hydrogen) atoms. The summed E-state index contributed by atoms with van der Waals surface area (Å²) >= 11 is 0. The minimum atomic E-state index is -0.695. The van der Waals surface area contributed by atoms with Gasteiger partial charge in [-0.15, -0.1) is 0 Å². The summed E-state index contributed by atoms with van der Waals surface area (Å²) in [6, 6.07) is 7.60. The summed E-state index contributed by atoms with van der Waals surface area (Å²) in [5, 5.41) is 0. The van der Waals surface area contributed by atoms with Crippen LogP contribution in [0.25, 0.3) is 0 Å². The standard InChI is InChI=1S/C11H15FN2/c1-14(10-7-6-8(10)12)11-5-3-2-4-9(11)13/h2-5,8,10H,6-7,13H2,1H3/t8?,10-/m1/s1. The monoisotopic (exact) mass is 194 g/mol. The zero-order valence-electron chi connectivity index (χ0n) is 8.28. The topological polar surface area (TPSA) is 29.3 Å². The molecule has 1 unspecified atom stereocenters. The SMILES string of the molecule is CN(c1ccccc1N)[C@@H]1CCC1F. The number of halogens is 1. The number of benzene rings is 1. The molecule has 1 aromatic rings. The van der Waals surface area contributed by atoms with E-state index in [0.717, 1.165) is 12.1 Å². The van der Waals surface area contributed by atoms with E-state index in [1.807, 2.05) is 36.2 Å². The van der Waals surface area contributed by atoms with Crippen LogP contribution in [0.3, 0.4) is 0 Å². The lowest BCUT2D eigenvalue weighted by atomic mass is 9.89. The third-order valence-electron chi connectivity index (χ3n) is 2.97. The summed E-state index contributed by atoms with van der Waals surface area (Å²) < 4.78 is 13.2. The quantitative estimate of drug-likeness (QED) is 0.731. The van der Waals surface area contributed by atoms with Crippen LogP contribution >= 0.6 is 0 Å². The van der Waals surface area contributed by atoms with Crippen LogP contribution in [0.2, 0.25) is 0 Å². The highest BCUT2D eigenvalue weighted by molar-refractivity contribution is 5.67.